The van der Waals surface area contributed by atoms with Gasteiger partial charge in [-0.3, -0.25) is 9.88 Å². The third kappa shape index (κ3) is 3.03. The van der Waals surface area contributed by atoms with Crippen LogP contribution < -0.4 is 5.73 Å². The summed E-state index contributed by atoms with van der Waals surface area (Å²) in [6.07, 6.45) is 3.03. The number of aromatic nitrogens is 1. The average molecular weight is 235 g/mol. The fraction of sp³-hybridized carbons (Fsp3) is 0.615. The Balaban J connectivity index is 2.01. The van der Waals surface area contributed by atoms with E-state index in [1.807, 2.05) is 18.3 Å². The molecule has 0 bridgehead atoms. The van der Waals surface area contributed by atoms with Crippen LogP contribution in [0.15, 0.2) is 24.4 Å². The highest BCUT2D eigenvalue weighted by molar-refractivity contribution is 5.10. The largest absolute Gasteiger partial charge is 0.384 e. The van der Waals surface area contributed by atoms with Gasteiger partial charge >= 0.3 is 0 Å². The molecule has 1 saturated heterocycles. The SMILES string of the molecule is COCC1CCN(C(CN)c2ccccn2)C1. The second-order valence-corrected chi connectivity index (χ2v) is 4.61. The number of nitrogens with zero attached hydrogens (tertiary/aromatic N) is 2. The van der Waals surface area contributed by atoms with Crippen LogP contribution in [0.4, 0.5) is 0 Å². The fourth-order valence-corrected chi connectivity index (χ4v) is 2.55. The number of nitrogens with two attached hydrogens (primary N) is 1. The van der Waals surface area contributed by atoms with Crippen molar-refractivity contribution in [1.29, 1.82) is 0 Å². The summed E-state index contributed by atoms with van der Waals surface area (Å²) in [7, 11) is 1.77. The van der Waals surface area contributed by atoms with E-state index in [0.717, 1.165) is 25.4 Å². The molecule has 2 N–H and O–H groups in total. The molecule has 94 valence electrons. The van der Waals surface area contributed by atoms with Crippen molar-refractivity contribution in [3.63, 3.8) is 0 Å². The van der Waals surface area contributed by atoms with Crippen LogP contribution in [0, 0.1) is 5.92 Å². The Bertz CT molecular complexity index is 331. The summed E-state index contributed by atoms with van der Waals surface area (Å²) in [5.41, 5.74) is 6.97. The number of hydrogen-bond donors (Lipinski definition) is 1. The van der Waals surface area contributed by atoms with Crippen LogP contribution in [0.1, 0.15) is 18.2 Å². The van der Waals surface area contributed by atoms with Gasteiger partial charge in [-0.1, -0.05) is 6.07 Å². The smallest absolute Gasteiger partial charge is 0.0644 e. The molecule has 4 nitrogen and oxygen atoms in total. The molecule has 0 radical (unpaired) electrons. The summed E-state index contributed by atoms with van der Waals surface area (Å²) in [5.74, 6) is 0.637. The number of methoxy groups -OCH3 is 1. The Kier molecular flexibility index (Phi) is 4.48. The average Bonchev–Trinajstić information content (AvgIpc) is 2.81. The van der Waals surface area contributed by atoms with Gasteiger partial charge in [0.2, 0.25) is 0 Å². The third-order valence-corrected chi connectivity index (χ3v) is 3.41. The predicted octanol–water partition coefficient (Wildman–Crippen LogP) is 1.05. The Labute approximate surface area is 103 Å². The number of likely N-dealkylation sites (tertiary alicyclic amines) is 1. The number of rotatable bonds is 5. The van der Waals surface area contributed by atoms with Crippen molar-refractivity contribution < 1.29 is 4.74 Å². The van der Waals surface area contributed by atoms with Crippen molar-refractivity contribution in [3.8, 4) is 0 Å². The second kappa shape index (κ2) is 6.10. The summed E-state index contributed by atoms with van der Waals surface area (Å²) in [4.78, 5) is 6.84. The highest BCUT2D eigenvalue weighted by atomic mass is 16.5. The van der Waals surface area contributed by atoms with Crippen molar-refractivity contribution in [2.75, 3.05) is 33.4 Å². The summed E-state index contributed by atoms with van der Waals surface area (Å²) >= 11 is 0. The van der Waals surface area contributed by atoms with E-state index in [9.17, 15) is 0 Å². The van der Waals surface area contributed by atoms with Crippen LogP contribution in [0.25, 0.3) is 0 Å². The van der Waals surface area contributed by atoms with E-state index in [0.29, 0.717) is 12.5 Å². The van der Waals surface area contributed by atoms with E-state index in [-0.39, 0.29) is 6.04 Å². The van der Waals surface area contributed by atoms with E-state index >= 15 is 0 Å². The van der Waals surface area contributed by atoms with E-state index in [2.05, 4.69) is 16.0 Å². The van der Waals surface area contributed by atoms with Crippen LogP contribution >= 0.6 is 0 Å². The molecule has 0 aromatic carbocycles. The van der Waals surface area contributed by atoms with E-state index < -0.39 is 0 Å². The van der Waals surface area contributed by atoms with Crippen molar-refractivity contribution in [1.82, 2.24) is 9.88 Å². The lowest BCUT2D eigenvalue weighted by Crippen LogP contribution is -2.33. The summed E-state index contributed by atoms with van der Waals surface area (Å²) in [6, 6.07) is 6.27. The molecule has 4 heteroatoms. The maximum atomic E-state index is 5.89. The van der Waals surface area contributed by atoms with E-state index in [1.165, 1.54) is 6.42 Å². The maximum Gasteiger partial charge on any atom is 0.0644 e. The van der Waals surface area contributed by atoms with E-state index in [4.69, 9.17) is 10.5 Å². The molecule has 0 saturated carbocycles. The molecule has 2 unspecified atom stereocenters. The molecule has 2 atom stereocenters. The zero-order valence-electron chi connectivity index (χ0n) is 10.4. The van der Waals surface area contributed by atoms with Crippen LogP contribution in [0.2, 0.25) is 0 Å². The zero-order chi connectivity index (χ0) is 12.1. The van der Waals surface area contributed by atoms with Gasteiger partial charge < -0.3 is 10.5 Å². The van der Waals surface area contributed by atoms with Crippen LogP contribution in [-0.2, 0) is 4.74 Å². The van der Waals surface area contributed by atoms with Crippen molar-refractivity contribution in [2.45, 2.75) is 12.5 Å². The lowest BCUT2D eigenvalue weighted by Gasteiger charge is -2.26. The van der Waals surface area contributed by atoms with Gasteiger partial charge in [0.25, 0.3) is 0 Å². The molecule has 1 aliphatic rings. The van der Waals surface area contributed by atoms with Gasteiger partial charge in [0.15, 0.2) is 0 Å². The zero-order valence-corrected chi connectivity index (χ0v) is 10.4. The van der Waals surface area contributed by atoms with Gasteiger partial charge in [-0.2, -0.15) is 0 Å². The highest BCUT2D eigenvalue weighted by Gasteiger charge is 2.28. The maximum absolute atomic E-state index is 5.89. The van der Waals surface area contributed by atoms with Crippen LogP contribution in [0.3, 0.4) is 0 Å². The number of ether oxygens (including phenoxy) is 1. The van der Waals surface area contributed by atoms with Gasteiger partial charge in [0, 0.05) is 26.4 Å². The summed E-state index contributed by atoms with van der Waals surface area (Å²) in [5, 5.41) is 0. The normalized spacial score (nSPS) is 22.8. The first kappa shape index (κ1) is 12.5. The van der Waals surface area contributed by atoms with Gasteiger partial charge in [0.1, 0.15) is 0 Å². The summed E-state index contributed by atoms with van der Waals surface area (Å²) in [6.45, 7) is 3.62. The molecule has 2 heterocycles. The van der Waals surface area contributed by atoms with Crippen molar-refractivity contribution in [2.24, 2.45) is 11.7 Å². The Morgan fingerprint density at radius 3 is 3.12 bits per heavy atom. The lowest BCUT2D eigenvalue weighted by molar-refractivity contribution is 0.147. The van der Waals surface area contributed by atoms with Crippen molar-refractivity contribution >= 4 is 0 Å². The topological polar surface area (TPSA) is 51.4 Å². The van der Waals surface area contributed by atoms with Crippen molar-refractivity contribution in [3.05, 3.63) is 30.1 Å². The minimum Gasteiger partial charge on any atom is -0.384 e. The highest BCUT2D eigenvalue weighted by Crippen LogP contribution is 2.25. The van der Waals surface area contributed by atoms with Gasteiger partial charge in [-0.15, -0.1) is 0 Å². The molecule has 0 aliphatic carbocycles. The molecule has 1 aromatic rings. The lowest BCUT2D eigenvalue weighted by atomic mass is 10.1. The fourth-order valence-electron chi connectivity index (χ4n) is 2.55. The third-order valence-electron chi connectivity index (χ3n) is 3.41. The monoisotopic (exact) mass is 235 g/mol. The van der Waals surface area contributed by atoms with Crippen LogP contribution in [0.5, 0.6) is 0 Å². The summed E-state index contributed by atoms with van der Waals surface area (Å²) < 4.78 is 5.22. The first-order valence-electron chi connectivity index (χ1n) is 6.19. The number of hydrogen-bond acceptors (Lipinski definition) is 4. The molecule has 1 fully saturated rings. The van der Waals surface area contributed by atoms with Crippen LogP contribution in [-0.4, -0.2) is 43.2 Å². The molecule has 0 spiro atoms. The molecule has 1 aliphatic heterocycles. The number of pyridine rings is 1. The second-order valence-electron chi connectivity index (χ2n) is 4.61. The Morgan fingerprint density at radius 2 is 2.47 bits per heavy atom. The quantitative estimate of drug-likeness (QED) is 0.829. The van der Waals surface area contributed by atoms with Gasteiger partial charge in [-0.05, 0) is 31.0 Å². The Morgan fingerprint density at radius 1 is 1.59 bits per heavy atom. The molecular weight excluding hydrogens is 214 g/mol. The molecule has 0 amide bonds. The minimum absolute atomic E-state index is 0.248. The molecular formula is C13H21N3O. The Hall–Kier alpha value is -0.970. The standard InChI is InChI=1S/C13H21N3O/c1-17-10-11-5-7-16(9-11)13(8-14)12-4-2-3-6-15-12/h2-4,6,11,13H,5,7-10,14H2,1H3. The predicted molar refractivity (Wildman–Crippen MR) is 67.6 cm³/mol. The molecule has 17 heavy (non-hydrogen) atoms. The van der Waals surface area contributed by atoms with Gasteiger partial charge in [-0.25, -0.2) is 0 Å². The minimum atomic E-state index is 0.248. The molecule has 1 aromatic heterocycles. The molecule has 2 rings (SSSR count). The van der Waals surface area contributed by atoms with Gasteiger partial charge in [0.05, 0.1) is 18.3 Å². The first-order chi connectivity index (χ1) is 8.35. The first-order valence-corrected chi connectivity index (χ1v) is 6.19. The van der Waals surface area contributed by atoms with E-state index in [1.54, 1.807) is 7.11 Å².